The fourth-order valence-electron chi connectivity index (χ4n) is 2.38. The summed E-state index contributed by atoms with van der Waals surface area (Å²) in [4.78, 5) is 38.5. The third kappa shape index (κ3) is 3.54. The van der Waals surface area contributed by atoms with E-state index in [4.69, 9.17) is 0 Å². The maximum atomic E-state index is 11.9. The molecule has 2 rings (SSSR count). The Morgan fingerprint density at radius 3 is 2.37 bits per heavy atom. The van der Waals surface area contributed by atoms with Crippen LogP contribution in [0.3, 0.4) is 0 Å². The molecule has 0 aliphatic heterocycles. The van der Waals surface area contributed by atoms with Gasteiger partial charge in [-0.25, -0.2) is 4.79 Å². The van der Waals surface area contributed by atoms with E-state index in [0.29, 0.717) is 6.04 Å². The molecule has 7 heteroatoms. The number of rotatable bonds is 3. The SMILES string of the molecule is CNC1CCC(NC(=O)c2cc(=O)[nH]c(=O)[nH]2)CC1. The van der Waals surface area contributed by atoms with Crippen molar-refractivity contribution < 1.29 is 4.79 Å². The van der Waals surface area contributed by atoms with Gasteiger partial charge in [0.2, 0.25) is 0 Å². The molecule has 1 aliphatic carbocycles. The van der Waals surface area contributed by atoms with E-state index in [9.17, 15) is 14.4 Å². The summed E-state index contributed by atoms with van der Waals surface area (Å²) in [5, 5.41) is 6.06. The van der Waals surface area contributed by atoms with Gasteiger partial charge in [0, 0.05) is 18.2 Å². The second kappa shape index (κ2) is 5.83. The Morgan fingerprint density at radius 1 is 1.16 bits per heavy atom. The summed E-state index contributed by atoms with van der Waals surface area (Å²) in [6.07, 6.45) is 3.80. The van der Waals surface area contributed by atoms with Gasteiger partial charge in [0.15, 0.2) is 0 Å². The zero-order chi connectivity index (χ0) is 13.8. The minimum absolute atomic E-state index is 0.00416. The Kier molecular flexibility index (Phi) is 4.16. The number of H-pyrrole nitrogens is 2. The van der Waals surface area contributed by atoms with Crippen LogP contribution in [0.4, 0.5) is 0 Å². The van der Waals surface area contributed by atoms with E-state index in [1.807, 2.05) is 12.0 Å². The largest absolute Gasteiger partial charge is 0.348 e. The first kappa shape index (κ1) is 13.5. The van der Waals surface area contributed by atoms with Crippen molar-refractivity contribution in [3.63, 3.8) is 0 Å². The molecule has 1 fully saturated rings. The number of aromatic amines is 2. The normalized spacial score (nSPS) is 23.0. The fraction of sp³-hybridized carbons (Fsp3) is 0.583. The highest BCUT2D eigenvalue weighted by Gasteiger charge is 2.22. The molecule has 1 heterocycles. The van der Waals surface area contributed by atoms with Crippen molar-refractivity contribution in [3.05, 3.63) is 32.6 Å². The first-order valence-electron chi connectivity index (χ1n) is 6.40. The predicted molar refractivity (Wildman–Crippen MR) is 70.3 cm³/mol. The molecule has 0 unspecified atom stereocenters. The second-order valence-corrected chi connectivity index (χ2v) is 4.81. The van der Waals surface area contributed by atoms with Gasteiger partial charge in [0.05, 0.1) is 0 Å². The second-order valence-electron chi connectivity index (χ2n) is 4.81. The quantitative estimate of drug-likeness (QED) is 0.581. The lowest BCUT2D eigenvalue weighted by atomic mass is 9.91. The smallest absolute Gasteiger partial charge is 0.326 e. The van der Waals surface area contributed by atoms with Crippen LogP contribution >= 0.6 is 0 Å². The number of hydrogen-bond acceptors (Lipinski definition) is 4. The van der Waals surface area contributed by atoms with Crippen molar-refractivity contribution in [1.29, 1.82) is 0 Å². The van der Waals surface area contributed by atoms with E-state index < -0.39 is 17.2 Å². The summed E-state index contributed by atoms with van der Waals surface area (Å²) < 4.78 is 0. The molecule has 1 amide bonds. The highest BCUT2D eigenvalue weighted by atomic mass is 16.2. The number of hydrogen-bond donors (Lipinski definition) is 4. The molecule has 1 saturated carbocycles. The molecule has 0 atom stereocenters. The van der Waals surface area contributed by atoms with Crippen LogP contribution in [0.5, 0.6) is 0 Å². The lowest BCUT2D eigenvalue weighted by Gasteiger charge is -2.28. The minimum Gasteiger partial charge on any atom is -0.348 e. The molecule has 1 aromatic heterocycles. The van der Waals surface area contributed by atoms with E-state index in [0.717, 1.165) is 31.7 Å². The average Bonchev–Trinajstić information content (AvgIpc) is 2.38. The molecular formula is C12H18N4O3. The summed E-state index contributed by atoms with van der Waals surface area (Å²) >= 11 is 0. The molecule has 0 spiro atoms. The molecular weight excluding hydrogens is 248 g/mol. The molecule has 0 saturated heterocycles. The zero-order valence-corrected chi connectivity index (χ0v) is 10.8. The lowest BCUT2D eigenvalue weighted by Crippen LogP contribution is -2.42. The number of amides is 1. The summed E-state index contributed by atoms with van der Waals surface area (Å²) in [7, 11) is 1.94. The van der Waals surface area contributed by atoms with Crippen LogP contribution in [0.15, 0.2) is 15.7 Å². The van der Waals surface area contributed by atoms with Crippen LogP contribution in [-0.4, -0.2) is 35.0 Å². The van der Waals surface area contributed by atoms with Gasteiger partial charge in [0.25, 0.3) is 11.5 Å². The van der Waals surface area contributed by atoms with Gasteiger partial charge in [0.1, 0.15) is 5.69 Å². The lowest BCUT2D eigenvalue weighted by molar-refractivity contribution is 0.0919. The van der Waals surface area contributed by atoms with Gasteiger partial charge >= 0.3 is 5.69 Å². The molecule has 19 heavy (non-hydrogen) atoms. The van der Waals surface area contributed by atoms with Gasteiger partial charge in [-0.05, 0) is 32.7 Å². The Hall–Kier alpha value is -1.89. The van der Waals surface area contributed by atoms with E-state index >= 15 is 0 Å². The average molecular weight is 266 g/mol. The number of nitrogens with one attached hydrogen (secondary N) is 4. The molecule has 104 valence electrons. The van der Waals surface area contributed by atoms with Crippen molar-refractivity contribution >= 4 is 5.91 Å². The number of carbonyl (C=O) groups is 1. The number of aromatic nitrogens is 2. The fourth-order valence-corrected chi connectivity index (χ4v) is 2.38. The van der Waals surface area contributed by atoms with Gasteiger partial charge < -0.3 is 15.6 Å². The summed E-state index contributed by atoms with van der Waals surface area (Å²) in [5.41, 5.74) is -1.24. The Morgan fingerprint density at radius 2 is 1.79 bits per heavy atom. The molecule has 0 radical (unpaired) electrons. The summed E-state index contributed by atoms with van der Waals surface area (Å²) in [5.74, 6) is -0.406. The van der Waals surface area contributed by atoms with E-state index in [-0.39, 0.29) is 11.7 Å². The van der Waals surface area contributed by atoms with E-state index in [2.05, 4.69) is 15.6 Å². The van der Waals surface area contributed by atoms with Crippen molar-refractivity contribution in [2.24, 2.45) is 0 Å². The molecule has 4 N–H and O–H groups in total. The molecule has 1 aliphatic rings. The predicted octanol–water partition coefficient (Wildman–Crippen LogP) is -0.676. The van der Waals surface area contributed by atoms with E-state index in [1.54, 1.807) is 0 Å². The highest BCUT2D eigenvalue weighted by molar-refractivity contribution is 5.92. The van der Waals surface area contributed by atoms with Crippen molar-refractivity contribution in [3.8, 4) is 0 Å². The minimum atomic E-state index is -0.670. The van der Waals surface area contributed by atoms with Crippen LogP contribution in [0.1, 0.15) is 36.2 Å². The first-order chi connectivity index (χ1) is 9.08. The van der Waals surface area contributed by atoms with Crippen LogP contribution in [-0.2, 0) is 0 Å². The topological polar surface area (TPSA) is 107 Å². The Bertz CT molecular complexity index is 526. The monoisotopic (exact) mass is 266 g/mol. The van der Waals surface area contributed by atoms with Crippen molar-refractivity contribution in [2.75, 3.05) is 7.05 Å². The maximum Gasteiger partial charge on any atom is 0.326 e. The van der Waals surface area contributed by atoms with Crippen molar-refractivity contribution in [2.45, 2.75) is 37.8 Å². The Balaban J connectivity index is 1.98. The van der Waals surface area contributed by atoms with Crippen LogP contribution < -0.4 is 21.9 Å². The maximum absolute atomic E-state index is 11.9. The first-order valence-corrected chi connectivity index (χ1v) is 6.40. The van der Waals surface area contributed by atoms with Gasteiger partial charge in [-0.2, -0.15) is 0 Å². The van der Waals surface area contributed by atoms with E-state index in [1.165, 1.54) is 0 Å². The highest BCUT2D eigenvalue weighted by Crippen LogP contribution is 2.18. The third-order valence-corrected chi connectivity index (χ3v) is 3.48. The van der Waals surface area contributed by atoms with Gasteiger partial charge in [-0.15, -0.1) is 0 Å². The van der Waals surface area contributed by atoms with Crippen molar-refractivity contribution in [1.82, 2.24) is 20.6 Å². The van der Waals surface area contributed by atoms with Gasteiger partial charge in [-0.1, -0.05) is 0 Å². The van der Waals surface area contributed by atoms with Crippen LogP contribution in [0.2, 0.25) is 0 Å². The Labute approximate surface area is 109 Å². The summed E-state index contributed by atoms with van der Waals surface area (Å²) in [6, 6.07) is 1.70. The summed E-state index contributed by atoms with van der Waals surface area (Å²) in [6.45, 7) is 0. The molecule has 7 nitrogen and oxygen atoms in total. The zero-order valence-electron chi connectivity index (χ0n) is 10.8. The molecule has 0 aromatic carbocycles. The third-order valence-electron chi connectivity index (χ3n) is 3.48. The van der Waals surface area contributed by atoms with Crippen LogP contribution in [0.25, 0.3) is 0 Å². The number of carbonyl (C=O) groups excluding carboxylic acids is 1. The van der Waals surface area contributed by atoms with Crippen LogP contribution in [0, 0.1) is 0 Å². The molecule has 0 bridgehead atoms. The van der Waals surface area contributed by atoms with Gasteiger partial charge in [-0.3, -0.25) is 14.6 Å². The molecule has 1 aromatic rings. The standard InChI is InChI=1S/C12H18N4O3/c1-13-7-2-4-8(5-3-7)14-11(18)9-6-10(17)16-12(19)15-9/h6-8,13H,2-5H2,1H3,(H,14,18)(H2,15,16,17,19).